The van der Waals surface area contributed by atoms with Crippen LogP contribution < -0.4 is 0 Å². The molecule has 0 aliphatic carbocycles. The highest BCUT2D eigenvalue weighted by Gasteiger charge is 2.23. The lowest BCUT2D eigenvalue weighted by Gasteiger charge is -2.11. The molecule has 0 fully saturated rings. The summed E-state index contributed by atoms with van der Waals surface area (Å²) in [4.78, 5) is 12.8. The second-order valence-electron chi connectivity index (χ2n) is 6.12. The first-order valence-electron chi connectivity index (χ1n) is 8.30. The minimum absolute atomic E-state index is 0.243. The highest BCUT2D eigenvalue weighted by molar-refractivity contribution is 5.78. The number of aromatic nitrogens is 4. The van der Waals surface area contributed by atoms with Crippen LogP contribution in [-0.4, -0.2) is 25.6 Å². The van der Waals surface area contributed by atoms with Crippen LogP contribution in [0.1, 0.15) is 49.2 Å². The van der Waals surface area contributed by atoms with Gasteiger partial charge in [0.1, 0.15) is 0 Å². The van der Waals surface area contributed by atoms with Crippen LogP contribution in [0.25, 0.3) is 0 Å². The van der Waals surface area contributed by atoms with Crippen molar-refractivity contribution in [3.8, 4) is 0 Å². The molecule has 0 amide bonds. The van der Waals surface area contributed by atoms with Crippen molar-refractivity contribution in [3.05, 3.63) is 71.3 Å². The van der Waals surface area contributed by atoms with Gasteiger partial charge in [-0.2, -0.15) is 19.6 Å². The third kappa shape index (κ3) is 3.02. The molecule has 0 unspecified atom stereocenters. The summed E-state index contributed by atoms with van der Waals surface area (Å²) < 4.78 is 2.85. The summed E-state index contributed by atoms with van der Waals surface area (Å²) in [6, 6.07) is 11.7. The van der Waals surface area contributed by atoms with E-state index in [0.29, 0.717) is 12.3 Å². The number of nitrogens with zero attached hydrogens (tertiary/aromatic N) is 4. The van der Waals surface area contributed by atoms with Gasteiger partial charge in [-0.15, -0.1) is 0 Å². The maximum atomic E-state index is 12.8. The first kappa shape index (κ1) is 16.2. The van der Waals surface area contributed by atoms with Gasteiger partial charge in [-0.25, -0.2) is 4.79 Å². The van der Waals surface area contributed by atoms with Gasteiger partial charge in [0.2, 0.25) is 0 Å². The van der Waals surface area contributed by atoms with E-state index in [9.17, 15) is 4.79 Å². The molecule has 0 saturated carbocycles. The van der Waals surface area contributed by atoms with Gasteiger partial charge in [0.05, 0.1) is 11.4 Å². The Morgan fingerprint density at radius 3 is 2.50 bits per heavy atom. The van der Waals surface area contributed by atoms with E-state index < -0.39 is 0 Å². The zero-order chi connectivity index (χ0) is 17.1. The van der Waals surface area contributed by atoms with Crippen molar-refractivity contribution in [2.45, 2.75) is 39.5 Å². The lowest BCUT2D eigenvalue weighted by atomic mass is 9.96. The van der Waals surface area contributed by atoms with Crippen LogP contribution in [0, 0.1) is 0 Å². The molecule has 1 aromatic carbocycles. The minimum atomic E-state index is -0.243. The van der Waals surface area contributed by atoms with E-state index in [0.717, 1.165) is 23.4 Å². The predicted octanol–water partition coefficient (Wildman–Crippen LogP) is 3.87. The Labute approximate surface area is 141 Å². The normalized spacial score (nSPS) is 11.2. The van der Waals surface area contributed by atoms with Crippen molar-refractivity contribution in [3.63, 3.8) is 0 Å². The molecule has 5 heteroatoms. The molecule has 0 N–H and O–H groups in total. The third-order valence-electron chi connectivity index (χ3n) is 4.11. The van der Waals surface area contributed by atoms with E-state index in [1.165, 1.54) is 14.9 Å². The van der Waals surface area contributed by atoms with Crippen LogP contribution in [0.5, 0.6) is 0 Å². The van der Waals surface area contributed by atoms with Crippen molar-refractivity contribution in [2.24, 2.45) is 0 Å². The summed E-state index contributed by atoms with van der Waals surface area (Å²) in [5, 5.41) is 8.66. The van der Waals surface area contributed by atoms with Crippen LogP contribution in [0.15, 0.2) is 48.8 Å². The summed E-state index contributed by atoms with van der Waals surface area (Å²) in [6.45, 7) is 6.37. The summed E-state index contributed by atoms with van der Waals surface area (Å²) in [7, 11) is 0. The predicted molar refractivity (Wildman–Crippen MR) is 93.4 cm³/mol. The number of carbonyl (C=O) groups excluding carboxylic acids is 1. The van der Waals surface area contributed by atoms with Gasteiger partial charge in [0.25, 0.3) is 0 Å². The van der Waals surface area contributed by atoms with E-state index >= 15 is 0 Å². The number of hydrogen-bond acceptors (Lipinski definition) is 3. The molecule has 0 bridgehead atoms. The average molecular weight is 322 g/mol. The molecule has 0 aliphatic rings. The molecule has 0 saturated heterocycles. The van der Waals surface area contributed by atoms with Gasteiger partial charge >= 0.3 is 6.03 Å². The first-order valence-corrected chi connectivity index (χ1v) is 8.30. The number of hydrogen-bond donors (Lipinski definition) is 0. The minimum Gasteiger partial charge on any atom is -0.244 e. The Balaban J connectivity index is 2.12. The zero-order valence-corrected chi connectivity index (χ0v) is 14.3. The third-order valence-corrected chi connectivity index (χ3v) is 4.11. The number of benzene rings is 1. The van der Waals surface area contributed by atoms with E-state index in [2.05, 4.69) is 43.1 Å². The molecule has 0 atom stereocenters. The maximum absolute atomic E-state index is 12.8. The summed E-state index contributed by atoms with van der Waals surface area (Å²) in [5.41, 5.74) is 4.27. The van der Waals surface area contributed by atoms with Gasteiger partial charge < -0.3 is 0 Å². The Hall–Kier alpha value is -2.69. The molecule has 124 valence electrons. The van der Waals surface area contributed by atoms with Crippen LogP contribution >= 0.6 is 0 Å². The number of aryl methyl sites for hydroxylation is 1. The van der Waals surface area contributed by atoms with E-state index in [1.54, 1.807) is 18.5 Å². The van der Waals surface area contributed by atoms with E-state index in [4.69, 9.17) is 0 Å². The first-order chi connectivity index (χ1) is 11.6. The Bertz CT molecular complexity index is 817. The lowest BCUT2D eigenvalue weighted by molar-refractivity contribution is 0.237. The van der Waals surface area contributed by atoms with Crippen molar-refractivity contribution in [2.75, 3.05) is 0 Å². The van der Waals surface area contributed by atoms with Crippen molar-refractivity contribution in [1.82, 2.24) is 19.6 Å². The Morgan fingerprint density at radius 2 is 1.92 bits per heavy atom. The molecule has 3 aromatic rings. The Kier molecular flexibility index (Phi) is 4.60. The zero-order valence-electron chi connectivity index (χ0n) is 14.3. The largest absolute Gasteiger partial charge is 0.369 e. The van der Waals surface area contributed by atoms with Gasteiger partial charge in [-0.3, -0.25) is 0 Å². The summed E-state index contributed by atoms with van der Waals surface area (Å²) >= 11 is 0. The molecule has 2 heterocycles. The van der Waals surface area contributed by atoms with Crippen molar-refractivity contribution < 1.29 is 4.79 Å². The SMILES string of the molecule is CCc1nn(C(=O)n2cccn2)c(Cc2ccccc2)c1C(C)C. The highest BCUT2D eigenvalue weighted by atomic mass is 16.2. The molecule has 3 rings (SSSR count). The summed E-state index contributed by atoms with van der Waals surface area (Å²) in [5.74, 6) is 0.304. The van der Waals surface area contributed by atoms with Gasteiger partial charge in [0, 0.05) is 24.4 Å². The fraction of sp³-hybridized carbons (Fsp3) is 0.316. The second-order valence-corrected chi connectivity index (χ2v) is 6.12. The highest BCUT2D eigenvalue weighted by Crippen LogP contribution is 2.26. The molecule has 0 spiro atoms. The van der Waals surface area contributed by atoms with Crippen LogP contribution in [-0.2, 0) is 12.8 Å². The van der Waals surface area contributed by atoms with Crippen LogP contribution in [0.2, 0.25) is 0 Å². The van der Waals surface area contributed by atoms with Gasteiger partial charge in [-0.05, 0) is 24.0 Å². The second kappa shape index (κ2) is 6.83. The standard InChI is InChI=1S/C19H22N4O/c1-4-16-18(14(2)3)17(13-15-9-6-5-7-10-15)23(21-16)19(24)22-12-8-11-20-22/h5-12,14H,4,13H2,1-3H3. The number of carbonyl (C=O) groups is 1. The van der Waals surface area contributed by atoms with Crippen molar-refractivity contribution >= 4 is 6.03 Å². The van der Waals surface area contributed by atoms with Crippen LogP contribution in [0.4, 0.5) is 4.79 Å². The average Bonchev–Trinajstić information content (AvgIpc) is 3.23. The molecular formula is C19H22N4O. The van der Waals surface area contributed by atoms with Crippen molar-refractivity contribution in [1.29, 1.82) is 0 Å². The van der Waals surface area contributed by atoms with Gasteiger partial charge in [-0.1, -0.05) is 51.1 Å². The molecule has 24 heavy (non-hydrogen) atoms. The summed E-state index contributed by atoms with van der Waals surface area (Å²) in [6.07, 6.45) is 4.72. The molecular weight excluding hydrogens is 300 g/mol. The molecule has 0 radical (unpaired) electrons. The lowest BCUT2D eigenvalue weighted by Crippen LogP contribution is -2.23. The fourth-order valence-corrected chi connectivity index (χ4v) is 3.04. The number of rotatable bonds is 4. The monoisotopic (exact) mass is 322 g/mol. The Morgan fingerprint density at radius 1 is 1.17 bits per heavy atom. The van der Waals surface area contributed by atoms with Crippen LogP contribution in [0.3, 0.4) is 0 Å². The smallest absolute Gasteiger partial charge is 0.244 e. The topological polar surface area (TPSA) is 52.7 Å². The fourth-order valence-electron chi connectivity index (χ4n) is 3.04. The van der Waals surface area contributed by atoms with E-state index in [1.807, 2.05) is 18.2 Å². The quantitative estimate of drug-likeness (QED) is 0.732. The van der Waals surface area contributed by atoms with E-state index in [-0.39, 0.29) is 6.03 Å². The molecule has 2 aromatic heterocycles. The van der Waals surface area contributed by atoms with Gasteiger partial charge in [0.15, 0.2) is 0 Å². The molecule has 0 aliphatic heterocycles. The molecule has 5 nitrogen and oxygen atoms in total. The maximum Gasteiger partial charge on any atom is 0.369 e.